The number of hydrogen-bond donors (Lipinski definition) is 0. The van der Waals surface area contributed by atoms with E-state index >= 15 is 0 Å². The number of rotatable bonds is 4. The van der Waals surface area contributed by atoms with Crippen LogP contribution in [0.25, 0.3) is 6.08 Å². The lowest BCUT2D eigenvalue weighted by molar-refractivity contribution is -0.114. The molecule has 0 aliphatic heterocycles. The number of hydrogen-bond acceptors (Lipinski definition) is 2. The number of benzene rings is 1. The Bertz CT molecular complexity index is 396. The zero-order valence-electron chi connectivity index (χ0n) is 8.73. The van der Waals surface area contributed by atoms with Gasteiger partial charge in [0.05, 0.1) is 11.6 Å². The third-order valence-corrected chi connectivity index (χ3v) is 2.00. The molecule has 0 heterocycles. The van der Waals surface area contributed by atoms with Gasteiger partial charge in [-0.3, -0.25) is 4.79 Å². The monoisotopic (exact) mass is 199 g/mol. The summed E-state index contributed by atoms with van der Waals surface area (Å²) in [6, 6.07) is 9.18. The zero-order chi connectivity index (χ0) is 11.1. The highest BCUT2D eigenvalue weighted by Gasteiger charge is 1.93. The van der Waals surface area contributed by atoms with Crippen molar-refractivity contribution >= 4 is 11.9 Å². The first-order valence-corrected chi connectivity index (χ1v) is 4.97. The van der Waals surface area contributed by atoms with E-state index in [1.165, 1.54) is 0 Å². The van der Waals surface area contributed by atoms with Gasteiger partial charge in [0.1, 0.15) is 0 Å². The van der Waals surface area contributed by atoms with Crippen LogP contribution in [0, 0.1) is 11.3 Å². The van der Waals surface area contributed by atoms with Gasteiger partial charge in [0.15, 0.2) is 5.78 Å². The van der Waals surface area contributed by atoms with Crippen LogP contribution in [0.2, 0.25) is 0 Å². The second-order valence-electron chi connectivity index (χ2n) is 3.28. The summed E-state index contributed by atoms with van der Waals surface area (Å²) in [5.74, 6) is 0.141. The molecule has 0 aromatic heterocycles. The number of carbonyl (C=O) groups is 1. The average Bonchev–Trinajstić information content (AvgIpc) is 2.27. The van der Waals surface area contributed by atoms with E-state index in [1.807, 2.05) is 25.1 Å². The molecule has 2 heteroatoms. The molecule has 0 saturated heterocycles. The molecule has 2 nitrogen and oxygen atoms in total. The van der Waals surface area contributed by atoms with E-state index in [1.54, 1.807) is 24.3 Å². The van der Waals surface area contributed by atoms with Crippen molar-refractivity contribution in [3.63, 3.8) is 0 Å². The quantitative estimate of drug-likeness (QED) is 0.699. The smallest absolute Gasteiger partial charge is 0.155 e. The highest BCUT2D eigenvalue weighted by atomic mass is 16.1. The molecule has 1 rings (SSSR count). The van der Waals surface area contributed by atoms with Gasteiger partial charge in [-0.15, -0.1) is 0 Å². The molecule has 0 aliphatic carbocycles. The Hall–Kier alpha value is -1.88. The van der Waals surface area contributed by atoms with Crippen LogP contribution >= 0.6 is 0 Å². The Kier molecular flexibility index (Phi) is 4.30. The fraction of sp³-hybridized carbons (Fsp3) is 0.231. The molecule has 0 bridgehead atoms. The summed E-state index contributed by atoms with van der Waals surface area (Å²) in [6.07, 6.45) is 4.83. The highest BCUT2D eigenvalue weighted by molar-refractivity contribution is 5.93. The number of allylic oxidation sites excluding steroid dienone is 1. The van der Waals surface area contributed by atoms with Crippen LogP contribution < -0.4 is 0 Å². The Morgan fingerprint density at radius 2 is 2.07 bits per heavy atom. The van der Waals surface area contributed by atoms with Gasteiger partial charge in [-0.1, -0.05) is 25.1 Å². The predicted molar refractivity (Wildman–Crippen MR) is 60.1 cm³/mol. The average molecular weight is 199 g/mol. The number of carbonyl (C=O) groups excluding carboxylic acids is 1. The largest absolute Gasteiger partial charge is 0.295 e. The standard InChI is InChI=1S/C13H13NO/c1-2-3-13(15)9-8-11-4-6-12(10-14)7-5-11/h4-9H,2-3H2,1H3/b9-8+. The Balaban J connectivity index is 2.65. The van der Waals surface area contributed by atoms with Gasteiger partial charge in [0.25, 0.3) is 0 Å². The molecule has 76 valence electrons. The summed E-state index contributed by atoms with van der Waals surface area (Å²) in [7, 11) is 0. The van der Waals surface area contributed by atoms with E-state index in [0.29, 0.717) is 12.0 Å². The molecule has 0 saturated carbocycles. The van der Waals surface area contributed by atoms with Crippen molar-refractivity contribution in [2.24, 2.45) is 0 Å². The Morgan fingerprint density at radius 1 is 1.40 bits per heavy atom. The van der Waals surface area contributed by atoms with Gasteiger partial charge in [-0.05, 0) is 30.2 Å². The van der Waals surface area contributed by atoms with Crippen LogP contribution in [0.5, 0.6) is 0 Å². The van der Waals surface area contributed by atoms with Gasteiger partial charge in [0.2, 0.25) is 0 Å². The maximum Gasteiger partial charge on any atom is 0.155 e. The summed E-state index contributed by atoms with van der Waals surface area (Å²) in [6.45, 7) is 1.98. The SMILES string of the molecule is CCCC(=O)/C=C/c1ccc(C#N)cc1. The fourth-order valence-corrected chi connectivity index (χ4v) is 1.19. The van der Waals surface area contributed by atoms with E-state index in [2.05, 4.69) is 0 Å². The minimum absolute atomic E-state index is 0.141. The molecule has 0 radical (unpaired) electrons. The van der Waals surface area contributed by atoms with Gasteiger partial charge in [-0.2, -0.15) is 5.26 Å². The van der Waals surface area contributed by atoms with Gasteiger partial charge in [0, 0.05) is 6.42 Å². The van der Waals surface area contributed by atoms with Crippen molar-refractivity contribution in [1.82, 2.24) is 0 Å². The second-order valence-corrected chi connectivity index (χ2v) is 3.28. The lowest BCUT2D eigenvalue weighted by Crippen LogP contribution is -1.89. The van der Waals surface area contributed by atoms with Crippen LogP contribution in [0.15, 0.2) is 30.3 Å². The normalized spacial score (nSPS) is 10.1. The lowest BCUT2D eigenvalue weighted by Gasteiger charge is -1.93. The van der Waals surface area contributed by atoms with E-state index in [4.69, 9.17) is 5.26 Å². The van der Waals surface area contributed by atoms with Crippen molar-refractivity contribution in [2.45, 2.75) is 19.8 Å². The topological polar surface area (TPSA) is 40.9 Å². The molecular weight excluding hydrogens is 186 g/mol. The minimum Gasteiger partial charge on any atom is -0.295 e. The van der Waals surface area contributed by atoms with E-state index in [9.17, 15) is 4.79 Å². The van der Waals surface area contributed by atoms with Crippen LogP contribution in [-0.4, -0.2) is 5.78 Å². The second kappa shape index (κ2) is 5.77. The summed E-state index contributed by atoms with van der Waals surface area (Å²) < 4.78 is 0. The van der Waals surface area contributed by atoms with Crippen molar-refractivity contribution in [2.75, 3.05) is 0 Å². The molecule has 1 aromatic carbocycles. The summed E-state index contributed by atoms with van der Waals surface area (Å²) in [5.41, 5.74) is 1.57. The Labute approximate surface area is 89.9 Å². The molecule has 1 aromatic rings. The molecule has 0 aliphatic rings. The van der Waals surface area contributed by atoms with Crippen molar-refractivity contribution in [3.8, 4) is 6.07 Å². The summed E-state index contributed by atoms with van der Waals surface area (Å²) in [5, 5.41) is 8.59. The lowest BCUT2D eigenvalue weighted by atomic mass is 10.1. The molecule has 0 unspecified atom stereocenters. The number of nitrogens with zero attached hydrogens (tertiary/aromatic N) is 1. The zero-order valence-corrected chi connectivity index (χ0v) is 8.73. The van der Waals surface area contributed by atoms with Crippen LogP contribution in [0.4, 0.5) is 0 Å². The molecule has 0 N–H and O–H groups in total. The third kappa shape index (κ3) is 3.78. The molecule has 0 amide bonds. The molecule has 0 spiro atoms. The maximum atomic E-state index is 11.2. The van der Waals surface area contributed by atoms with Crippen molar-refractivity contribution < 1.29 is 4.79 Å². The molecule has 0 atom stereocenters. The number of ketones is 1. The minimum atomic E-state index is 0.141. The van der Waals surface area contributed by atoms with Crippen molar-refractivity contribution in [3.05, 3.63) is 41.5 Å². The maximum absolute atomic E-state index is 11.2. The molecule has 15 heavy (non-hydrogen) atoms. The van der Waals surface area contributed by atoms with E-state index in [0.717, 1.165) is 12.0 Å². The van der Waals surface area contributed by atoms with Gasteiger partial charge >= 0.3 is 0 Å². The number of nitriles is 1. The van der Waals surface area contributed by atoms with E-state index < -0.39 is 0 Å². The van der Waals surface area contributed by atoms with Gasteiger partial charge in [-0.25, -0.2) is 0 Å². The first kappa shape index (κ1) is 11.2. The van der Waals surface area contributed by atoms with Crippen LogP contribution in [-0.2, 0) is 4.79 Å². The molecular formula is C13H13NO. The fourth-order valence-electron chi connectivity index (χ4n) is 1.19. The third-order valence-electron chi connectivity index (χ3n) is 2.00. The predicted octanol–water partition coefficient (Wildman–Crippen LogP) is 2.94. The molecule has 0 fully saturated rings. The summed E-state index contributed by atoms with van der Waals surface area (Å²) >= 11 is 0. The van der Waals surface area contributed by atoms with E-state index in [-0.39, 0.29) is 5.78 Å². The first-order chi connectivity index (χ1) is 7.26. The summed E-state index contributed by atoms with van der Waals surface area (Å²) in [4.78, 5) is 11.2. The Morgan fingerprint density at radius 3 is 2.60 bits per heavy atom. The van der Waals surface area contributed by atoms with Crippen LogP contribution in [0.3, 0.4) is 0 Å². The van der Waals surface area contributed by atoms with Crippen molar-refractivity contribution in [1.29, 1.82) is 5.26 Å². The van der Waals surface area contributed by atoms with Crippen LogP contribution in [0.1, 0.15) is 30.9 Å². The first-order valence-electron chi connectivity index (χ1n) is 4.97. The van der Waals surface area contributed by atoms with Gasteiger partial charge < -0.3 is 0 Å². The highest BCUT2D eigenvalue weighted by Crippen LogP contribution is 2.05.